The van der Waals surface area contributed by atoms with Gasteiger partial charge in [-0.1, -0.05) is 0 Å². The summed E-state index contributed by atoms with van der Waals surface area (Å²) in [7, 11) is 1.72. The summed E-state index contributed by atoms with van der Waals surface area (Å²) in [5, 5.41) is 2.92. The van der Waals surface area contributed by atoms with Crippen molar-refractivity contribution in [2.75, 3.05) is 40.0 Å². The number of carbonyl (C=O) groups excluding carboxylic acids is 1. The van der Waals surface area contributed by atoms with Crippen LogP contribution in [-0.4, -0.2) is 56.9 Å². The van der Waals surface area contributed by atoms with Crippen molar-refractivity contribution in [1.82, 2.24) is 10.2 Å². The number of methoxy groups -OCH3 is 1. The maximum absolute atomic E-state index is 12.1. The summed E-state index contributed by atoms with van der Waals surface area (Å²) >= 11 is 0. The minimum atomic E-state index is 0.0704. The lowest BCUT2D eigenvalue weighted by Crippen LogP contribution is -2.30. The Morgan fingerprint density at radius 1 is 1.50 bits per heavy atom. The Labute approximate surface area is 130 Å². The molecule has 3 rings (SSSR count). The molecule has 2 aliphatic rings. The maximum Gasteiger partial charge on any atom is 0.220 e. The zero-order chi connectivity index (χ0) is 15.4. The fourth-order valence-corrected chi connectivity index (χ4v) is 3.40. The number of nitrogens with zero attached hydrogens (tertiary/aromatic N) is 1. The van der Waals surface area contributed by atoms with Crippen molar-refractivity contribution >= 4 is 5.91 Å². The lowest BCUT2D eigenvalue weighted by Gasteiger charge is -2.18. The fourth-order valence-electron chi connectivity index (χ4n) is 3.40. The minimum absolute atomic E-state index is 0.0704. The van der Waals surface area contributed by atoms with E-state index in [4.69, 9.17) is 13.9 Å². The Kier molecular flexibility index (Phi) is 5.12. The Bertz CT molecular complexity index is 477. The molecular weight excluding hydrogens is 284 g/mol. The number of hydrogen-bond donors (Lipinski definition) is 1. The van der Waals surface area contributed by atoms with E-state index in [0.29, 0.717) is 31.4 Å². The maximum atomic E-state index is 12.1. The largest absolute Gasteiger partial charge is 0.467 e. The van der Waals surface area contributed by atoms with Crippen molar-refractivity contribution in [2.45, 2.75) is 19.1 Å². The smallest absolute Gasteiger partial charge is 0.220 e. The van der Waals surface area contributed by atoms with Gasteiger partial charge in [-0.05, 0) is 18.1 Å². The van der Waals surface area contributed by atoms with Crippen LogP contribution < -0.4 is 5.32 Å². The predicted molar refractivity (Wildman–Crippen MR) is 80.2 cm³/mol. The highest BCUT2D eigenvalue weighted by Gasteiger charge is 2.44. The van der Waals surface area contributed by atoms with Gasteiger partial charge in [0.05, 0.1) is 32.1 Å². The lowest BCUT2D eigenvalue weighted by atomic mass is 9.90. The van der Waals surface area contributed by atoms with Crippen LogP contribution >= 0.6 is 0 Å². The molecule has 0 spiro atoms. The van der Waals surface area contributed by atoms with Gasteiger partial charge in [-0.25, -0.2) is 0 Å². The Morgan fingerprint density at radius 3 is 3.18 bits per heavy atom. The van der Waals surface area contributed by atoms with E-state index in [2.05, 4.69) is 10.2 Å². The molecule has 1 aromatic heterocycles. The molecule has 2 fully saturated rings. The molecule has 1 N–H and O–H groups in total. The second-order valence-corrected chi connectivity index (χ2v) is 6.11. The molecule has 0 radical (unpaired) electrons. The molecule has 1 amide bonds. The van der Waals surface area contributed by atoms with E-state index < -0.39 is 0 Å². The first kappa shape index (κ1) is 15.5. The van der Waals surface area contributed by atoms with Crippen LogP contribution in [0.5, 0.6) is 0 Å². The van der Waals surface area contributed by atoms with E-state index in [1.54, 1.807) is 13.4 Å². The van der Waals surface area contributed by atoms with Crippen molar-refractivity contribution in [3.05, 3.63) is 24.2 Å². The molecule has 122 valence electrons. The number of ether oxygens (including phenoxy) is 2. The van der Waals surface area contributed by atoms with E-state index in [0.717, 1.165) is 32.0 Å². The quantitative estimate of drug-likeness (QED) is 0.810. The summed E-state index contributed by atoms with van der Waals surface area (Å²) in [6.45, 7) is 4.79. The molecule has 0 aliphatic carbocycles. The molecule has 6 nitrogen and oxygen atoms in total. The molecule has 0 saturated carbocycles. The normalized spacial score (nSPS) is 28.0. The minimum Gasteiger partial charge on any atom is -0.467 e. The van der Waals surface area contributed by atoms with Gasteiger partial charge in [0.1, 0.15) is 5.76 Å². The van der Waals surface area contributed by atoms with Crippen LogP contribution in [-0.2, 0) is 20.8 Å². The molecule has 3 heterocycles. The van der Waals surface area contributed by atoms with Crippen LogP contribution in [0.1, 0.15) is 12.2 Å². The number of hydrogen-bond acceptors (Lipinski definition) is 5. The monoisotopic (exact) mass is 308 g/mol. The second-order valence-electron chi connectivity index (χ2n) is 6.11. The van der Waals surface area contributed by atoms with E-state index in [-0.39, 0.29) is 12.0 Å². The van der Waals surface area contributed by atoms with E-state index in [9.17, 15) is 4.79 Å². The van der Waals surface area contributed by atoms with E-state index in [1.807, 2.05) is 12.1 Å². The van der Waals surface area contributed by atoms with Crippen LogP contribution in [0, 0.1) is 11.8 Å². The number of likely N-dealkylation sites (tertiary alicyclic amines) is 1. The lowest BCUT2D eigenvalue weighted by molar-refractivity contribution is -0.122. The average molecular weight is 308 g/mol. The highest BCUT2D eigenvalue weighted by molar-refractivity contribution is 5.76. The molecular formula is C16H24N2O4. The molecule has 0 bridgehead atoms. The van der Waals surface area contributed by atoms with Gasteiger partial charge in [-0.2, -0.15) is 0 Å². The second kappa shape index (κ2) is 7.26. The van der Waals surface area contributed by atoms with Gasteiger partial charge in [0.2, 0.25) is 5.91 Å². The van der Waals surface area contributed by atoms with Crippen LogP contribution in [0.25, 0.3) is 0 Å². The summed E-state index contributed by atoms with van der Waals surface area (Å²) in [4.78, 5) is 14.5. The summed E-state index contributed by atoms with van der Waals surface area (Å²) in [6.07, 6.45) is 2.42. The van der Waals surface area contributed by atoms with Crippen molar-refractivity contribution in [3.8, 4) is 0 Å². The van der Waals surface area contributed by atoms with Crippen molar-refractivity contribution in [1.29, 1.82) is 0 Å². The zero-order valence-electron chi connectivity index (χ0n) is 13.0. The van der Waals surface area contributed by atoms with E-state index in [1.165, 1.54) is 0 Å². The van der Waals surface area contributed by atoms with Crippen LogP contribution in [0.3, 0.4) is 0 Å². The first-order chi connectivity index (χ1) is 10.8. The van der Waals surface area contributed by atoms with E-state index >= 15 is 0 Å². The third-order valence-corrected chi connectivity index (χ3v) is 4.61. The van der Waals surface area contributed by atoms with Crippen LogP contribution in [0.4, 0.5) is 0 Å². The van der Waals surface area contributed by atoms with Gasteiger partial charge < -0.3 is 19.2 Å². The molecule has 0 aromatic carbocycles. The van der Waals surface area contributed by atoms with Gasteiger partial charge in [-0.15, -0.1) is 0 Å². The molecule has 22 heavy (non-hydrogen) atoms. The van der Waals surface area contributed by atoms with Crippen LogP contribution in [0.15, 0.2) is 22.8 Å². The highest BCUT2D eigenvalue weighted by atomic mass is 16.5. The van der Waals surface area contributed by atoms with Gasteiger partial charge in [0.15, 0.2) is 0 Å². The first-order valence-corrected chi connectivity index (χ1v) is 7.88. The predicted octanol–water partition coefficient (Wildman–Crippen LogP) is 0.879. The highest BCUT2D eigenvalue weighted by Crippen LogP contribution is 2.35. The fraction of sp³-hybridized carbons (Fsp3) is 0.688. The Balaban J connectivity index is 1.43. The Morgan fingerprint density at radius 2 is 2.41 bits per heavy atom. The molecule has 2 saturated heterocycles. The third kappa shape index (κ3) is 3.69. The summed E-state index contributed by atoms with van der Waals surface area (Å²) in [5.74, 6) is 1.63. The van der Waals surface area contributed by atoms with Gasteiger partial charge in [0, 0.05) is 39.1 Å². The molecule has 1 aromatic rings. The molecule has 0 unspecified atom stereocenters. The van der Waals surface area contributed by atoms with Gasteiger partial charge >= 0.3 is 0 Å². The first-order valence-electron chi connectivity index (χ1n) is 7.88. The average Bonchev–Trinajstić information content (AvgIpc) is 3.21. The number of furan rings is 1. The zero-order valence-corrected chi connectivity index (χ0v) is 13.0. The number of carbonyl (C=O) groups is 1. The third-order valence-electron chi connectivity index (χ3n) is 4.61. The molecule has 6 heteroatoms. The van der Waals surface area contributed by atoms with Crippen molar-refractivity contribution < 1.29 is 18.7 Å². The Hall–Kier alpha value is -1.37. The summed E-state index contributed by atoms with van der Waals surface area (Å²) < 4.78 is 16.2. The molecule has 3 atom stereocenters. The number of amides is 1. The van der Waals surface area contributed by atoms with Gasteiger partial charge in [0.25, 0.3) is 0 Å². The number of nitrogens with one attached hydrogen (secondary N) is 1. The van der Waals surface area contributed by atoms with Gasteiger partial charge in [-0.3, -0.25) is 9.69 Å². The standard InChI is InChI=1S/C16H24N2O4/c1-20-6-4-18-9-14-12(11-22-15(14)10-18)7-16(19)17-8-13-3-2-5-21-13/h2-3,5,12,14-15H,4,6-11H2,1H3,(H,17,19)/t12-,14+,15+/m0/s1. The molecule has 2 aliphatic heterocycles. The number of fused-ring (bicyclic) bond motifs is 1. The summed E-state index contributed by atoms with van der Waals surface area (Å²) in [5.41, 5.74) is 0. The topological polar surface area (TPSA) is 63.9 Å². The summed E-state index contributed by atoms with van der Waals surface area (Å²) in [6, 6.07) is 3.68. The number of rotatable bonds is 7. The SMILES string of the molecule is COCCN1C[C@@H]2[C@@H](CC(=O)NCc3ccco3)CO[C@@H]2C1. The van der Waals surface area contributed by atoms with Crippen molar-refractivity contribution in [3.63, 3.8) is 0 Å². The van der Waals surface area contributed by atoms with Crippen LogP contribution in [0.2, 0.25) is 0 Å². The van der Waals surface area contributed by atoms with Crippen molar-refractivity contribution in [2.24, 2.45) is 11.8 Å².